The summed E-state index contributed by atoms with van der Waals surface area (Å²) in [6.45, 7) is 0.735. The summed E-state index contributed by atoms with van der Waals surface area (Å²) < 4.78 is 52.9. The average molecular weight is 411 g/mol. The van der Waals surface area contributed by atoms with Crippen LogP contribution in [0.4, 0.5) is 29.2 Å². The maximum absolute atomic E-state index is 13.3. The van der Waals surface area contributed by atoms with Crippen molar-refractivity contribution in [1.29, 1.82) is 0 Å². The van der Waals surface area contributed by atoms with E-state index >= 15 is 0 Å². The summed E-state index contributed by atoms with van der Waals surface area (Å²) in [5.41, 5.74) is -0.725. The van der Waals surface area contributed by atoms with Gasteiger partial charge in [-0.1, -0.05) is 11.6 Å². The molecule has 4 nitrogen and oxygen atoms in total. The Morgan fingerprint density at radius 3 is 2.58 bits per heavy atom. The minimum absolute atomic E-state index is 0. The molecule has 1 aromatic carbocycles. The highest BCUT2D eigenvalue weighted by atomic mass is 35.5. The van der Waals surface area contributed by atoms with E-state index in [1.165, 1.54) is 12.1 Å². The molecule has 0 unspecified atom stereocenters. The molecule has 0 saturated heterocycles. The first-order chi connectivity index (χ1) is 11.8. The summed E-state index contributed by atoms with van der Waals surface area (Å²) in [5.74, 6) is -0.304. The van der Waals surface area contributed by atoms with Crippen molar-refractivity contribution in [3.63, 3.8) is 0 Å². The SMILES string of the molecule is Cl.Fc1ccc(Nc2ncc(CNCC3CC3)c(C(F)(F)F)n2)cc1Cl. The topological polar surface area (TPSA) is 49.8 Å². The lowest BCUT2D eigenvalue weighted by Gasteiger charge is -2.14. The molecule has 2 aromatic rings. The summed E-state index contributed by atoms with van der Waals surface area (Å²) in [4.78, 5) is 7.50. The van der Waals surface area contributed by atoms with Crippen molar-refractivity contribution in [2.24, 2.45) is 5.92 Å². The Kier molecular flexibility index (Phi) is 6.65. The molecule has 10 heteroatoms. The van der Waals surface area contributed by atoms with Crippen LogP contribution in [0.5, 0.6) is 0 Å². The number of anilines is 2. The molecular formula is C16H16Cl2F4N4. The van der Waals surface area contributed by atoms with Crippen LogP contribution >= 0.6 is 24.0 Å². The smallest absolute Gasteiger partial charge is 0.324 e. The first-order valence-corrected chi connectivity index (χ1v) is 8.06. The number of nitrogens with zero attached hydrogens (tertiary/aromatic N) is 2. The first-order valence-electron chi connectivity index (χ1n) is 7.69. The number of halogens is 6. The van der Waals surface area contributed by atoms with E-state index in [9.17, 15) is 17.6 Å². The lowest BCUT2D eigenvalue weighted by atomic mass is 10.2. The molecule has 2 N–H and O–H groups in total. The Balaban J connectivity index is 0.00000243. The highest BCUT2D eigenvalue weighted by Crippen LogP contribution is 2.32. The van der Waals surface area contributed by atoms with E-state index in [0.717, 1.165) is 25.1 Å². The molecule has 1 fully saturated rings. The van der Waals surface area contributed by atoms with Gasteiger partial charge in [-0.2, -0.15) is 13.2 Å². The number of alkyl halides is 3. The van der Waals surface area contributed by atoms with Gasteiger partial charge in [-0.25, -0.2) is 14.4 Å². The Morgan fingerprint density at radius 1 is 1.23 bits per heavy atom. The van der Waals surface area contributed by atoms with Gasteiger partial charge < -0.3 is 10.6 Å². The van der Waals surface area contributed by atoms with E-state index < -0.39 is 17.7 Å². The third-order valence-electron chi connectivity index (χ3n) is 3.75. The zero-order chi connectivity index (χ0) is 18.0. The minimum Gasteiger partial charge on any atom is -0.324 e. The molecule has 0 radical (unpaired) electrons. The Bertz CT molecular complexity index is 766. The number of hydrogen-bond donors (Lipinski definition) is 2. The number of hydrogen-bond acceptors (Lipinski definition) is 4. The quantitative estimate of drug-likeness (QED) is 0.661. The minimum atomic E-state index is -4.60. The molecule has 0 bridgehead atoms. The monoisotopic (exact) mass is 410 g/mol. The van der Waals surface area contributed by atoms with Crippen molar-refractivity contribution >= 4 is 35.6 Å². The van der Waals surface area contributed by atoms with Crippen LogP contribution in [0.1, 0.15) is 24.1 Å². The second-order valence-electron chi connectivity index (χ2n) is 5.89. The van der Waals surface area contributed by atoms with E-state index in [2.05, 4.69) is 20.6 Å². The van der Waals surface area contributed by atoms with Crippen molar-refractivity contribution in [2.45, 2.75) is 25.6 Å². The molecule has 1 saturated carbocycles. The summed E-state index contributed by atoms with van der Waals surface area (Å²) >= 11 is 5.65. The molecule has 1 aromatic heterocycles. The molecule has 1 heterocycles. The fraction of sp³-hybridized carbons (Fsp3) is 0.375. The van der Waals surface area contributed by atoms with Crippen LogP contribution in [0, 0.1) is 11.7 Å². The molecule has 3 rings (SSSR count). The van der Waals surface area contributed by atoms with Crippen LogP contribution in [-0.4, -0.2) is 16.5 Å². The van der Waals surface area contributed by atoms with Gasteiger partial charge >= 0.3 is 6.18 Å². The van der Waals surface area contributed by atoms with Gasteiger partial charge in [0.15, 0.2) is 5.69 Å². The van der Waals surface area contributed by atoms with Crippen molar-refractivity contribution in [1.82, 2.24) is 15.3 Å². The van der Waals surface area contributed by atoms with Crippen LogP contribution in [0.25, 0.3) is 0 Å². The average Bonchev–Trinajstić information content (AvgIpc) is 3.35. The molecule has 1 aliphatic rings. The Morgan fingerprint density at radius 2 is 1.96 bits per heavy atom. The summed E-state index contributed by atoms with van der Waals surface area (Å²) in [7, 11) is 0. The van der Waals surface area contributed by atoms with Gasteiger partial charge in [-0.15, -0.1) is 12.4 Å². The fourth-order valence-corrected chi connectivity index (χ4v) is 2.46. The van der Waals surface area contributed by atoms with Crippen LogP contribution in [-0.2, 0) is 12.7 Å². The van der Waals surface area contributed by atoms with Gasteiger partial charge in [0.05, 0.1) is 5.02 Å². The molecule has 1 aliphatic carbocycles. The van der Waals surface area contributed by atoms with Crippen molar-refractivity contribution < 1.29 is 17.6 Å². The van der Waals surface area contributed by atoms with Gasteiger partial charge in [-0.3, -0.25) is 0 Å². The zero-order valence-electron chi connectivity index (χ0n) is 13.4. The lowest BCUT2D eigenvalue weighted by Crippen LogP contribution is -2.21. The molecule has 0 amide bonds. The number of benzene rings is 1. The molecule has 0 aliphatic heterocycles. The second kappa shape index (κ2) is 8.37. The molecule has 0 atom stereocenters. The predicted molar refractivity (Wildman–Crippen MR) is 93.4 cm³/mol. The Labute approximate surface area is 158 Å². The molecular weight excluding hydrogens is 395 g/mol. The highest BCUT2D eigenvalue weighted by Gasteiger charge is 2.36. The maximum Gasteiger partial charge on any atom is 0.433 e. The van der Waals surface area contributed by atoms with Gasteiger partial charge in [0.2, 0.25) is 5.95 Å². The summed E-state index contributed by atoms with van der Waals surface area (Å²) in [6.07, 6.45) is -1.24. The lowest BCUT2D eigenvalue weighted by molar-refractivity contribution is -0.141. The largest absolute Gasteiger partial charge is 0.433 e. The van der Waals surface area contributed by atoms with Gasteiger partial charge in [0.1, 0.15) is 5.82 Å². The first kappa shape index (κ1) is 20.7. The van der Waals surface area contributed by atoms with Crippen LogP contribution < -0.4 is 10.6 Å². The fourth-order valence-electron chi connectivity index (χ4n) is 2.28. The van der Waals surface area contributed by atoms with Crippen molar-refractivity contribution in [3.05, 3.63) is 46.5 Å². The third kappa shape index (κ3) is 5.43. The van der Waals surface area contributed by atoms with E-state index in [1.807, 2.05) is 0 Å². The van der Waals surface area contributed by atoms with E-state index in [1.54, 1.807) is 0 Å². The predicted octanol–water partition coefficient (Wildman–Crippen LogP) is 4.95. The molecule has 26 heavy (non-hydrogen) atoms. The Hall–Kier alpha value is -1.64. The van der Waals surface area contributed by atoms with Crippen molar-refractivity contribution in [3.8, 4) is 0 Å². The molecule has 142 valence electrons. The van der Waals surface area contributed by atoms with Crippen LogP contribution in [0.15, 0.2) is 24.4 Å². The number of aromatic nitrogens is 2. The van der Waals surface area contributed by atoms with Gasteiger partial charge in [-0.05, 0) is 43.5 Å². The highest BCUT2D eigenvalue weighted by molar-refractivity contribution is 6.31. The van der Waals surface area contributed by atoms with Crippen molar-refractivity contribution in [2.75, 3.05) is 11.9 Å². The number of nitrogens with one attached hydrogen (secondary N) is 2. The van der Waals surface area contributed by atoms with E-state index in [-0.39, 0.29) is 35.5 Å². The van der Waals surface area contributed by atoms with Gasteiger partial charge in [0.25, 0.3) is 0 Å². The van der Waals surface area contributed by atoms with Crippen LogP contribution in [0.2, 0.25) is 5.02 Å². The summed E-state index contributed by atoms with van der Waals surface area (Å²) in [5, 5.41) is 5.45. The third-order valence-corrected chi connectivity index (χ3v) is 4.04. The second-order valence-corrected chi connectivity index (χ2v) is 6.30. The maximum atomic E-state index is 13.3. The van der Waals surface area contributed by atoms with E-state index in [0.29, 0.717) is 18.2 Å². The normalized spacial score (nSPS) is 14.0. The van der Waals surface area contributed by atoms with E-state index in [4.69, 9.17) is 11.6 Å². The zero-order valence-corrected chi connectivity index (χ0v) is 15.0. The van der Waals surface area contributed by atoms with Crippen LogP contribution in [0.3, 0.4) is 0 Å². The number of rotatable bonds is 6. The molecule has 0 spiro atoms. The van der Waals surface area contributed by atoms with Gasteiger partial charge in [0, 0.05) is 24.0 Å². The summed E-state index contributed by atoms with van der Waals surface area (Å²) in [6, 6.07) is 3.69. The standard InChI is InChI=1S/C16H15ClF4N4.ClH/c17-12-5-11(3-4-13(12)18)24-15-23-8-10(7-22-6-9-1-2-9)14(25-15)16(19,20)21;/h3-5,8-9,22H,1-2,6-7H2,(H,23,24,25);1H.